The number of hydrogen-bond acceptors (Lipinski definition) is 4. The molecule has 0 saturated carbocycles. The molecule has 74 valence electrons. The van der Waals surface area contributed by atoms with Gasteiger partial charge in [0.25, 0.3) is 0 Å². The van der Waals surface area contributed by atoms with E-state index in [0.717, 1.165) is 21.5 Å². The van der Waals surface area contributed by atoms with Crippen LogP contribution in [0.3, 0.4) is 0 Å². The van der Waals surface area contributed by atoms with Gasteiger partial charge in [-0.1, -0.05) is 12.1 Å². The number of aromatic nitrogens is 3. The predicted octanol–water partition coefficient (Wildman–Crippen LogP) is 2.27. The summed E-state index contributed by atoms with van der Waals surface area (Å²) in [5, 5.41) is 10.8. The standard InChI is InChI=1S/C10H8N4S/c11-9-8-6(10-12-4-5-15-10)2-1-3-7(8)13-14-9/h1-5H,(H3,11,13,14). The molecule has 1 aromatic carbocycles. The van der Waals surface area contributed by atoms with E-state index in [-0.39, 0.29) is 0 Å². The minimum Gasteiger partial charge on any atom is -0.382 e. The number of rotatable bonds is 1. The molecule has 15 heavy (non-hydrogen) atoms. The number of anilines is 1. The summed E-state index contributed by atoms with van der Waals surface area (Å²) in [4.78, 5) is 4.28. The molecule has 0 bridgehead atoms. The number of hydrogen-bond donors (Lipinski definition) is 2. The Morgan fingerprint density at radius 1 is 1.33 bits per heavy atom. The zero-order valence-electron chi connectivity index (χ0n) is 7.77. The van der Waals surface area contributed by atoms with Crippen molar-refractivity contribution in [1.82, 2.24) is 15.2 Å². The van der Waals surface area contributed by atoms with Gasteiger partial charge in [-0.15, -0.1) is 11.3 Å². The lowest BCUT2D eigenvalue weighted by Crippen LogP contribution is -1.86. The monoisotopic (exact) mass is 216 g/mol. The normalized spacial score (nSPS) is 10.9. The maximum absolute atomic E-state index is 5.82. The van der Waals surface area contributed by atoms with Crippen LogP contribution in [-0.4, -0.2) is 15.2 Å². The van der Waals surface area contributed by atoms with E-state index in [2.05, 4.69) is 15.2 Å². The number of nitrogens with zero attached hydrogens (tertiary/aromatic N) is 2. The highest BCUT2D eigenvalue weighted by atomic mass is 32.1. The molecule has 5 heteroatoms. The van der Waals surface area contributed by atoms with Crippen molar-refractivity contribution in [2.45, 2.75) is 0 Å². The van der Waals surface area contributed by atoms with Crippen LogP contribution >= 0.6 is 11.3 Å². The van der Waals surface area contributed by atoms with E-state index < -0.39 is 0 Å². The first-order valence-electron chi connectivity index (χ1n) is 4.48. The highest BCUT2D eigenvalue weighted by Crippen LogP contribution is 2.31. The number of thiazole rings is 1. The SMILES string of the molecule is Nc1n[nH]c2cccc(-c3nccs3)c12. The van der Waals surface area contributed by atoms with Crippen molar-refractivity contribution in [2.75, 3.05) is 5.73 Å². The number of fused-ring (bicyclic) bond motifs is 1. The van der Waals surface area contributed by atoms with Gasteiger partial charge in [0.1, 0.15) is 5.01 Å². The van der Waals surface area contributed by atoms with Crippen LogP contribution < -0.4 is 5.73 Å². The van der Waals surface area contributed by atoms with Gasteiger partial charge in [-0.2, -0.15) is 5.10 Å². The van der Waals surface area contributed by atoms with Gasteiger partial charge in [0, 0.05) is 17.1 Å². The summed E-state index contributed by atoms with van der Waals surface area (Å²) >= 11 is 1.59. The minimum atomic E-state index is 0.524. The summed E-state index contributed by atoms with van der Waals surface area (Å²) in [6, 6.07) is 5.93. The van der Waals surface area contributed by atoms with E-state index in [9.17, 15) is 0 Å². The molecule has 0 aliphatic heterocycles. The lowest BCUT2D eigenvalue weighted by atomic mass is 10.1. The summed E-state index contributed by atoms with van der Waals surface area (Å²) in [6.07, 6.45) is 1.79. The van der Waals surface area contributed by atoms with Crippen molar-refractivity contribution >= 4 is 28.1 Å². The molecule has 3 aromatic rings. The first-order valence-corrected chi connectivity index (χ1v) is 5.36. The van der Waals surface area contributed by atoms with Crippen molar-refractivity contribution < 1.29 is 0 Å². The van der Waals surface area contributed by atoms with Crippen LogP contribution in [-0.2, 0) is 0 Å². The highest BCUT2D eigenvalue weighted by molar-refractivity contribution is 7.13. The molecule has 0 aliphatic carbocycles. The molecule has 0 atom stereocenters. The van der Waals surface area contributed by atoms with Gasteiger partial charge >= 0.3 is 0 Å². The summed E-state index contributed by atoms with van der Waals surface area (Å²) < 4.78 is 0. The van der Waals surface area contributed by atoms with Crippen molar-refractivity contribution in [1.29, 1.82) is 0 Å². The molecule has 0 aliphatic rings. The number of nitrogens with one attached hydrogen (secondary N) is 1. The van der Waals surface area contributed by atoms with Crippen LogP contribution in [0.2, 0.25) is 0 Å². The molecule has 3 rings (SSSR count). The average Bonchev–Trinajstić information content (AvgIpc) is 2.88. The Bertz CT molecular complexity index is 597. The number of benzene rings is 1. The van der Waals surface area contributed by atoms with E-state index in [1.165, 1.54) is 0 Å². The first-order chi connectivity index (χ1) is 7.36. The molecule has 2 aromatic heterocycles. The highest BCUT2D eigenvalue weighted by Gasteiger charge is 2.10. The van der Waals surface area contributed by atoms with Gasteiger partial charge in [-0.05, 0) is 6.07 Å². The molecule has 0 amide bonds. The van der Waals surface area contributed by atoms with E-state index in [4.69, 9.17) is 5.73 Å². The van der Waals surface area contributed by atoms with E-state index in [1.807, 2.05) is 23.6 Å². The fraction of sp³-hybridized carbons (Fsp3) is 0. The van der Waals surface area contributed by atoms with E-state index >= 15 is 0 Å². The smallest absolute Gasteiger partial charge is 0.153 e. The lowest BCUT2D eigenvalue weighted by Gasteiger charge is -1.98. The minimum absolute atomic E-state index is 0.524. The molecular weight excluding hydrogens is 208 g/mol. The lowest BCUT2D eigenvalue weighted by molar-refractivity contribution is 1.13. The fourth-order valence-electron chi connectivity index (χ4n) is 1.63. The van der Waals surface area contributed by atoms with Gasteiger partial charge in [-0.3, -0.25) is 5.10 Å². The van der Waals surface area contributed by atoms with Crippen LogP contribution in [0.5, 0.6) is 0 Å². The maximum atomic E-state index is 5.82. The molecule has 3 N–H and O–H groups in total. The molecule has 0 saturated heterocycles. The molecule has 0 radical (unpaired) electrons. The van der Waals surface area contributed by atoms with Crippen molar-refractivity contribution in [3.8, 4) is 10.6 Å². The first kappa shape index (κ1) is 8.43. The van der Waals surface area contributed by atoms with Crippen LogP contribution in [0.15, 0.2) is 29.8 Å². The second-order valence-corrected chi connectivity index (χ2v) is 4.07. The fourth-order valence-corrected chi connectivity index (χ4v) is 2.30. The third kappa shape index (κ3) is 1.20. The largest absolute Gasteiger partial charge is 0.382 e. The Hall–Kier alpha value is -1.88. The van der Waals surface area contributed by atoms with Crippen LogP contribution in [0.1, 0.15) is 0 Å². The number of nitrogen functional groups attached to an aromatic ring is 1. The predicted molar refractivity (Wildman–Crippen MR) is 61.6 cm³/mol. The Kier molecular flexibility index (Phi) is 1.72. The molecule has 0 spiro atoms. The van der Waals surface area contributed by atoms with Crippen LogP contribution in [0.4, 0.5) is 5.82 Å². The van der Waals surface area contributed by atoms with Gasteiger partial charge in [0.15, 0.2) is 5.82 Å². The molecular formula is C10H8N4S. The number of H-pyrrole nitrogens is 1. The zero-order chi connectivity index (χ0) is 10.3. The molecule has 0 unspecified atom stereocenters. The zero-order valence-corrected chi connectivity index (χ0v) is 8.58. The summed E-state index contributed by atoms with van der Waals surface area (Å²) in [5.74, 6) is 0.524. The number of aromatic amines is 1. The molecule has 4 nitrogen and oxygen atoms in total. The summed E-state index contributed by atoms with van der Waals surface area (Å²) in [7, 11) is 0. The van der Waals surface area contributed by atoms with E-state index in [0.29, 0.717) is 5.82 Å². The Morgan fingerprint density at radius 3 is 3.07 bits per heavy atom. The van der Waals surface area contributed by atoms with Gasteiger partial charge in [0.05, 0.1) is 10.9 Å². The van der Waals surface area contributed by atoms with E-state index in [1.54, 1.807) is 17.5 Å². The average molecular weight is 216 g/mol. The van der Waals surface area contributed by atoms with Gasteiger partial charge in [0.2, 0.25) is 0 Å². The Labute approximate surface area is 89.8 Å². The topological polar surface area (TPSA) is 67.6 Å². The van der Waals surface area contributed by atoms with Crippen molar-refractivity contribution in [3.05, 3.63) is 29.8 Å². The quantitative estimate of drug-likeness (QED) is 0.655. The second kappa shape index (κ2) is 3.06. The van der Waals surface area contributed by atoms with Crippen LogP contribution in [0, 0.1) is 0 Å². The third-order valence-corrected chi connectivity index (χ3v) is 3.09. The Morgan fingerprint density at radius 2 is 2.27 bits per heavy atom. The summed E-state index contributed by atoms with van der Waals surface area (Å²) in [6.45, 7) is 0. The van der Waals surface area contributed by atoms with Crippen molar-refractivity contribution in [3.63, 3.8) is 0 Å². The van der Waals surface area contributed by atoms with Gasteiger partial charge in [-0.25, -0.2) is 4.98 Å². The molecule has 2 heterocycles. The van der Waals surface area contributed by atoms with Crippen molar-refractivity contribution in [2.24, 2.45) is 0 Å². The third-order valence-electron chi connectivity index (χ3n) is 2.28. The maximum Gasteiger partial charge on any atom is 0.153 e. The van der Waals surface area contributed by atoms with Gasteiger partial charge < -0.3 is 5.73 Å². The second-order valence-electron chi connectivity index (χ2n) is 3.17. The van der Waals surface area contributed by atoms with Crippen LogP contribution in [0.25, 0.3) is 21.5 Å². The molecule has 0 fully saturated rings. The number of nitrogens with two attached hydrogens (primary N) is 1. The summed E-state index contributed by atoms with van der Waals surface area (Å²) in [5.41, 5.74) is 7.80. The Balaban J connectivity index is 2.39.